The molecular formula is C17H28N2O2. The molecule has 118 valence electrons. The van der Waals surface area contributed by atoms with Crippen LogP contribution in [0.3, 0.4) is 0 Å². The van der Waals surface area contributed by atoms with Gasteiger partial charge < -0.3 is 14.8 Å². The molecule has 4 nitrogen and oxygen atoms in total. The zero-order valence-electron chi connectivity index (χ0n) is 13.5. The Morgan fingerprint density at radius 1 is 1.14 bits per heavy atom. The summed E-state index contributed by atoms with van der Waals surface area (Å²) in [6.07, 6.45) is 4.08. The fourth-order valence-corrected chi connectivity index (χ4v) is 2.90. The van der Waals surface area contributed by atoms with Gasteiger partial charge in [-0.05, 0) is 38.9 Å². The van der Waals surface area contributed by atoms with E-state index in [0.29, 0.717) is 6.04 Å². The van der Waals surface area contributed by atoms with Crippen molar-refractivity contribution < 1.29 is 9.47 Å². The van der Waals surface area contributed by atoms with Crippen LogP contribution < -0.4 is 14.8 Å². The molecule has 0 spiro atoms. The summed E-state index contributed by atoms with van der Waals surface area (Å²) in [6, 6.07) is 6.57. The van der Waals surface area contributed by atoms with Crippen LogP contribution in [0.15, 0.2) is 18.2 Å². The Hall–Kier alpha value is -1.26. The van der Waals surface area contributed by atoms with Crippen molar-refractivity contribution in [2.24, 2.45) is 0 Å². The molecule has 2 rings (SSSR count). The van der Waals surface area contributed by atoms with Crippen molar-refractivity contribution in [2.45, 2.75) is 38.8 Å². The van der Waals surface area contributed by atoms with Crippen LogP contribution in [0.25, 0.3) is 0 Å². The van der Waals surface area contributed by atoms with E-state index in [2.05, 4.69) is 23.2 Å². The van der Waals surface area contributed by atoms with Crippen molar-refractivity contribution in [3.05, 3.63) is 23.8 Å². The summed E-state index contributed by atoms with van der Waals surface area (Å²) in [5.41, 5.74) is 1.17. The highest BCUT2D eigenvalue weighted by Gasteiger charge is 2.16. The molecule has 1 heterocycles. The third-order valence-corrected chi connectivity index (χ3v) is 4.26. The first-order valence-electron chi connectivity index (χ1n) is 7.90. The summed E-state index contributed by atoms with van der Waals surface area (Å²) >= 11 is 0. The van der Waals surface area contributed by atoms with E-state index in [9.17, 15) is 0 Å². The first-order valence-corrected chi connectivity index (χ1v) is 7.90. The number of benzene rings is 1. The van der Waals surface area contributed by atoms with Crippen LogP contribution in [0.4, 0.5) is 0 Å². The zero-order chi connectivity index (χ0) is 15.1. The maximum atomic E-state index is 5.43. The second-order valence-electron chi connectivity index (χ2n) is 5.75. The topological polar surface area (TPSA) is 33.7 Å². The van der Waals surface area contributed by atoms with E-state index in [1.807, 2.05) is 12.1 Å². The van der Waals surface area contributed by atoms with Gasteiger partial charge in [0.2, 0.25) is 0 Å². The lowest BCUT2D eigenvalue weighted by molar-refractivity contribution is 0.170. The molecule has 1 aliphatic heterocycles. The Balaban J connectivity index is 1.82. The van der Waals surface area contributed by atoms with Gasteiger partial charge in [0.25, 0.3) is 0 Å². The third kappa shape index (κ3) is 4.61. The van der Waals surface area contributed by atoms with Crippen LogP contribution >= 0.6 is 0 Å². The van der Waals surface area contributed by atoms with E-state index < -0.39 is 0 Å². The van der Waals surface area contributed by atoms with E-state index in [1.165, 1.54) is 37.9 Å². The molecule has 21 heavy (non-hydrogen) atoms. The maximum Gasteiger partial charge on any atom is 0.127 e. The van der Waals surface area contributed by atoms with Gasteiger partial charge >= 0.3 is 0 Å². The van der Waals surface area contributed by atoms with Gasteiger partial charge in [-0.25, -0.2) is 0 Å². The van der Waals surface area contributed by atoms with Gasteiger partial charge in [-0.15, -0.1) is 0 Å². The number of likely N-dealkylation sites (tertiary alicyclic amines) is 1. The number of ether oxygens (including phenoxy) is 2. The van der Waals surface area contributed by atoms with E-state index >= 15 is 0 Å². The summed E-state index contributed by atoms with van der Waals surface area (Å²) in [6.45, 7) is 6.63. The first-order chi connectivity index (χ1) is 10.2. The molecule has 0 bridgehead atoms. The standard InChI is InChI=1S/C17H28N2O2/c1-14(19-9-5-4-6-10-19)12-18-13-15-7-8-16(20-2)11-17(15)21-3/h7-8,11,14,18H,4-6,9-10,12-13H2,1-3H3. The largest absolute Gasteiger partial charge is 0.497 e. The fourth-order valence-electron chi connectivity index (χ4n) is 2.90. The van der Waals surface area contributed by atoms with Crippen LogP contribution in [0.2, 0.25) is 0 Å². The van der Waals surface area contributed by atoms with Gasteiger partial charge in [0.05, 0.1) is 14.2 Å². The molecule has 1 N–H and O–H groups in total. The number of rotatable bonds is 7. The molecule has 1 saturated heterocycles. The third-order valence-electron chi connectivity index (χ3n) is 4.26. The molecule has 0 saturated carbocycles. The number of nitrogens with zero attached hydrogens (tertiary/aromatic N) is 1. The maximum absolute atomic E-state index is 5.43. The highest BCUT2D eigenvalue weighted by Crippen LogP contribution is 2.24. The molecule has 1 fully saturated rings. The molecule has 4 heteroatoms. The van der Waals surface area contributed by atoms with Crippen LogP contribution in [0.5, 0.6) is 11.5 Å². The van der Waals surface area contributed by atoms with Crippen molar-refractivity contribution >= 4 is 0 Å². The normalized spacial score (nSPS) is 17.5. The SMILES string of the molecule is COc1ccc(CNCC(C)N2CCCCC2)c(OC)c1. The number of piperidine rings is 1. The highest BCUT2D eigenvalue weighted by molar-refractivity contribution is 5.40. The van der Waals surface area contributed by atoms with E-state index in [-0.39, 0.29) is 0 Å². The summed E-state index contributed by atoms with van der Waals surface area (Å²) in [5.74, 6) is 1.71. The minimum Gasteiger partial charge on any atom is -0.497 e. The molecule has 1 atom stereocenters. The molecule has 0 radical (unpaired) electrons. The minimum absolute atomic E-state index is 0.592. The monoisotopic (exact) mass is 292 g/mol. The molecule has 0 aromatic heterocycles. The number of methoxy groups -OCH3 is 2. The molecule has 1 unspecified atom stereocenters. The Labute approximate surface area is 128 Å². The molecule has 1 aromatic rings. The zero-order valence-corrected chi connectivity index (χ0v) is 13.5. The number of hydrogen-bond acceptors (Lipinski definition) is 4. The Kier molecular flexibility index (Phi) is 6.33. The smallest absolute Gasteiger partial charge is 0.127 e. The number of hydrogen-bond donors (Lipinski definition) is 1. The van der Waals surface area contributed by atoms with Crippen LogP contribution in [-0.4, -0.2) is 44.8 Å². The lowest BCUT2D eigenvalue weighted by Crippen LogP contribution is -2.42. The average Bonchev–Trinajstić information content (AvgIpc) is 2.55. The van der Waals surface area contributed by atoms with E-state index in [1.54, 1.807) is 14.2 Å². The second-order valence-corrected chi connectivity index (χ2v) is 5.75. The quantitative estimate of drug-likeness (QED) is 0.838. The van der Waals surface area contributed by atoms with Crippen LogP contribution in [0, 0.1) is 0 Å². The summed E-state index contributed by atoms with van der Waals surface area (Å²) in [4.78, 5) is 2.59. The average molecular weight is 292 g/mol. The Morgan fingerprint density at radius 2 is 1.90 bits per heavy atom. The fraction of sp³-hybridized carbons (Fsp3) is 0.647. The summed E-state index contributed by atoms with van der Waals surface area (Å²) < 4.78 is 10.7. The Morgan fingerprint density at radius 3 is 2.57 bits per heavy atom. The van der Waals surface area contributed by atoms with Crippen molar-refractivity contribution in [3.8, 4) is 11.5 Å². The van der Waals surface area contributed by atoms with Crippen LogP contribution in [-0.2, 0) is 6.54 Å². The van der Waals surface area contributed by atoms with E-state index in [0.717, 1.165) is 24.6 Å². The molecule has 0 amide bonds. The lowest BCUT2D eigenvalue weighted by Gasteiger charge is -2.32. The van der Waals surface area contributed by atoms with Gasteiger partial charge in [-0.2, -0.15) is 0 Å². The first kappa shape index (κ1) is 16.1. The van der Waals surface area contributed by atoms with Crippen molar-refractivity contribution in [3.63, 3.8) is 0 Å². The van der Waals surface area contributed by atoms with Gasteiger partial charge in [0.15, 0.2) is 0 Å². The molecule has 1 aliphatic rings. The van der Waals surface area contributed by atoms with Gasteiger partial charge in [0.1, 0.15) is 11.5 Å². The number of nitrogens with one attached hydrogen (secondary N) is 1. The van der Waals surface area contributed by atoms with Crippen molar-refractivity contribution in [2.75, 3.05) is 33.9 Å². The minimum atomic E-state index is 0.592. The summed E-state index contributed by atoms with van der Waals surface area (Å²) in [5, 5.41) is 3.55. The van der Waals surface area contributed by atoms with Gasteiger partial charge in [0, 0.05) is 30.8 Å². The van der Waals surface area contributed by atoms with Crippen molar-refractivity contribution in [1.29, 1.82) is 0 Å². The molecular weight excluding hydrogens is 264 g/mol. The molecule has 0 aliphatic carbocycles. The van der Waals surface area contributed by atoms with Crippen LogP contribution in [0.1, 0.15) is 31.7 Å². The predicted octanol–water partition coefficient (Wildman–Crippen LogP) is 2.67. The highest BCUT2D eigenvalue weighted by atomic mass is 16.5. The molecule has 1 aromatic carbocycles. The summed E-state index contributed by atoms with van der Waals surface area (Å²) in [7, 11) is 3.38. The lowest BCUT2D eigenvalue weighted by atomic mass is 10.1. The Bertz CT molecular complexity index is 431. The van der Waals surface area contributed by atoms with Gasteiger partial charge in [-0.3, -0.25) is 4.90 Å². The predicted molar refractivity (Wildman–Crippen MR) is 86.1 cm³/mol. The second kappa shape index (κ2) is 8.25. The van der Waals surface area contributed by atoms with E-state index in [4.69, 9.17) is 9.47 Å². The van der Waals surface area contributed by atoms with Gasteiger partial charge in [-0.1, -0.05) is 12.5 Å². The van der Waals surface area contributed by atoms with Crippen molar-refractivity contribution in [1.82, 2.24) is 10.2 Å².